The second kappa shape index (κ2) is 7.28. The molecule has 1 aromatic heterocycles. The van der Waals surface area contributed by atoms with Gasteiger partial charge in [-0.1, -0.05) is 88.4 Å². The summed E-state index contributed by atoms with van der Waals surface area (Å²) < 4.78 is 4.83. The van der Waals surface area contributed by atoms with Gasteiger partial charge in [-0.05, 0) is 29.0 Å². The molecule has 0 saturated carbocycles. The monoisotopic (exact) mass is 393 g/mol. The van der Waals surface area contributed by atoms with Gasteiger partial charge in [-0.25, -0.2) is 4.57 Å². The van der Waals surface area contributed by atoms with E-state index in [1.54, 1.807) is 0 Å². The minimum absolute atomic E-state index is 0.471. The van der Waals surface area contributed by atoms with Crippen LogP contribution in [0.15, 0.2) is 79.1 Å². The number of imidazole rings is 1. The molecule has 0 N–H and O–H groups in total. The van der Waals surface area contributed by atoms with Crippen molar-refractivity contribution in [2.75, 3.05) is 0 Å². The third-order valence-corrected chi connectivity index (χ3v) is 6.28. The van der Waals surface area contributed by atoms with Gasteiger partial charge < -0.3 is 0 Å². The first-order valence-corrected chi connectivity index (χ1v) is 11.0. The van der Waals surface area contributed by atoms with Crippen LogP contribution in [0.5, 0.6) is 0 Å². The van der Waals surface area contributed by atoms with Gasteiger partial charge in [0.1, 0.15) is 24.6 Å². The van der Waals surface area contributed by atoms with Crippen LogP contribution < -0.4 is 4.57 Å². The van der Waals surface area contributed by atoms with Crippen molar-refractivity contribution in [1.82, 2.24) is 4.57 Å². The van der Waals surface area contributed by atoms with Gasteiger partial charge in [0.05, 0.1) is 5.56 Å². The van der Waals surface area contributed by atoms with Gasteiger partial charge in [0.25, 0.3) is 5.82 Å². The third kappa shape index (κ3) is 2.99. The van der Waals surface area contributed by atoms with Crippen LogP contribution in [0.25, 0.3) is 28.2 Å². The maximum atomic E-state index is 2.44. The number of fused-ring (bicyclic) bond motifs is 3. The van der Waals surface area contributed by atoms with Crippen LogP contribution in [-0.2, 0) is 6.54 Å². The molecular weight excluding hydrogens is 364 g/mol. The van der Waals surface area contributed by atoms with E-state index in [4.69, 9.17) is 0 Å². The predicted molar refractivity (Wildman–Crippen MR) is 124 cm³/mol. The molecule has 2 nitrogen and oxygen atoms in total. The second-order valence-corrected chi connectivity index (χ2v) is 8.95. The first-order valence-electron chi connectivity index (χ1n) is 11.0. The van der Waals surface area contributed by atoms with E-state index >= 15 is 0 Å². The van der Waals surface area contributed by atoms with Crippen molar-refractivity contribution in [2.45, 2.75) is 46.1 Å². The second-order valence-electron chi connectivity index (χ2n) is 8.95. The number of hydrogen-bond donors (Lipinski definition) is 0. The molecule has 0 spiro atoms. The Morgan fingerprint density at radius 3 is 2.13 bits per heavy atom. The van der Waals surface area contributed by atoms with E-state index in [9.17, 15) is 0 Å². The summed E-state index contributed by atoms with van der Waals surface area (Å²) in [5.74, 6) is 2.23. The Balaban J connectivity index is 1.73. The lowest BCUT2D eigenvalue weighted by Crippen LogP contribution is -2.30. The van der Waals surface area contributed by atoms with Crippen molar-refractivity contribution in [1.29, 1.82) is 0 Å². The summed E-state index contributed by atoms with van der Waals surface area (Å²) in [6, 6.07) is 24.4. The molecule has 5 rings (SSSR count). The number of aromatic nitrogens is 2. The van der Waals surface area contributed by atoms with E-state index in [1.807, 2.05) is 0 Å². The van der Waals surface area contributed by atoms with Gasteiger partial charge in [-0.15, -0.1) is 0 Å². The van der Waals surface area contributed by atoms with Crippen LogP contribution in [-0.4, -0.2) is 4.57 Å². The summed E-state index contributed by atoms with van der Waals surface area (Å²) in [4.78, 5) is 0. The third-order valence-electron chi connectivity index (χ3n) is 6.28. The van der Waals surface area contributed by atoms with Gasteiger partial charge in [-0.3, -0.25) is 0 Å². The highest BCUT2D eigenvalue weighted by Gasteiger charge is 2.32. The zero-order valence-corrected chi connectivity index (χ0v) is 18.3. The van der Waals surface area contributed by atoms with Gasteiger partial charge in [0.2, 0.25) is 0 Å². The Labute approximate surface area is 179 Å². The smallest absolute Gasteiger partial charge is 0.225 e. The molecule has 0 saturated heterocycles. The average Bonchev–Trinajstić information content (AvgIpc) is 3.32. The van der Waals surface area contributed by atoms with E-state index < -0.39 is 0 Å². The Morgan fingerprint density at radius 2 is 1.47 bits per heavy atom. The SMILES string of the molecule is CC(C)c1cccc(C(C)C)c1-n1cc[n+]2c1-c1cc(-c3ccccc3)ccc1C2. The van der Waals surface area contributed by atoms with Crippen LogP contribution >= 0.6 is 0 Å². The van der Waals surface area contributed by atoms with E-state index in [2.05, 4.69) is 116 Å². The fourth-order valence-electron chi connectivity index (χ4n) is 4.73. The van der Waals surface area contributed by atoms with Crippen molar-refractivity contribution in [2.24, 2.45) is 0 Å². The Morgan fingerprint density at radius 1 is 0.767 bits per heavy atom. The zero-order valence-electron chi connectivity index (χ0n) is 18.3. The minimum atomic E-state index is 0.471. The molecule has 0 amide bonds. The molecule has 0 bridgehead atoms. The number of hydrogen-bond acceptors (Lipinski definition) is 0. The molecule has 0 atom stereocenters. The summed E-state index contributed by atoms with van der Waals surface area (Å²) in [5.41, 5.74) is 9.45. The van der Waals surface area contributed by atoms with Crippen LogP contribution in [0.2, 0.25) is 0 Å². The molecular formula is C28H29N2+. The van der Waals surface area contributed by atoms with Crippen LogP contribution in [0.3, 0.4) is 0 Å². The maximum Gasteiger partial charge on any atom is 0.294 e. The lowest BCUT2D eigenvalue weighted by Gasteiger charge is -2.17. The van der Waals surface area contributed by atoms with Crippen LogP contribution in [0.1, 0.15) is 56.2 Å². The summed E-state index contributed by atoms with van der Waals surface area (Å²) >= 11 is 0. The Hall–Kier alpha value is -3.13. The molecule has 2 heterocycles. The van der Waals surface area contributed by atoms with Crippen LogP contribution in [0.4, 0.5) is 0 Å². The molecule has 1 aliphatic heterocycles. The summed E-state index contributed by atoms with van der Waals surface area (Å²) in [6.07, 6.45) is 4.49. The summed E-state index contributed by atoms with van der Waals surface area (Å²) in [5, 5.41) is 0. The first kappa shape index (κ1) is 18.9. The first-order chi connectivity index (χ1) is 14.5. The van der Waals surface area contributed by atoms with Gasteiger partial charge >= 0.3 is 0 Å². The number of rotatable bonds is 4. The number of benzene rings is 3. The summed E-state index contributed by atoms with van der Waals surface area (Å²) in [6.45, 7) is 10.1. The van der Waals surface area contributed by atoms with Crippen molar-refractivity contribution >= 4 is 0 Å². The van der Waals surface area contributed by atoms with Gasteiger partial charge in [0, 0.05) is 16.7 Å². The summed E-state index contributed by atoms with van der Waals surface area (Å²) in [7, 11) is 0. The lowest BCUT2D eigenvalue weighted by molar-refractivity contribution is -0.671. The van der Waals surface area contributed by atoms with Crippen molar-refractivity contribution in [3.05, 3.63) is 95.8 Å². The van der Waals surface area contributed by atoms with E-state index in [0.717, 1.165) is 6.54 Å². The Bertz CT molecular complexity index is 1190. The van der Waals surface area contributed by atoms with Crippen LogP contribution in [0, 0.1) is 0 Å². The standard InChI is InChI=1S/C28H29N2/c1-19(2)24-11-8-12-25(20(3)4)27(24)30-16-15-29-18-23-14-13-22(17-26(23)28(29)30)21-9-6-5-7-10-21/h5-17,19-20H,18H2,1-4H3/q+1. The van der Waals surface area contributed by atoms with E-state index in [0.29, 0.717) is 11.8 Å². The minimum Gasteiger partial charge on any atom is -0.225 e. The quantitative estimate of drug-likeness (QED) is 0.300. The lowest BCUT2D eigenvalue weighted by atomic mass is 9.92. The molecule has 4 aromatic rings. The molecule has 2 heteroatoms. The Kier molecular flexibility index (Phi) is 4.58. The largest absolute Gasteiger partial charge is 0.294 e. The number of para-hydroxylation sites is 1. The highest BCUT2D eigenvalue weighted by Crippen LogP contribution is 2.37. The molecule has 0 radical (unpaired) electrons. The molecule has 0 unspecified atom stereocenters. The normalized spacial score (nSPS) is 12.5. The maximum absolute atomic E-state index is 2.44. The predicted octanol–water partition coefficient (Wildman–Crippen LogP) is 6.71. The van der Waals surface area contributed by atoms with Crippen molar-refractivity contribution in [3.8, 4) is 28.2 Å². The van der Waals surface area contributed by atoms with Gasteiger partial charge in [0.15, 0.2) is 0 Å². The fourth-order valence-corrected chi connectivity index (χ4v) is 4.73. The van der Waals surface area contributed by atoms with Gasteiger partial charge in [-0.2, -0.15) is 4.57 Å². The van der Waals surface area contributed by atoms with Crippen molar-refractivity contribution < 1.29 is 4.57 Å². The van der Waals surface area contributed by atoms with E-state index in [1.165, 1.54) is 44.9 Å². The highest BCUT2D eigenvalue weighted by molar-refractivity contribution is 5.74. The molecule has 0 aliphatic carbocycles. The average molecular weight is 394 g/mol. The topological polar surface area (TPSA) is 8.81 Å². The zero-order chi connectivity index (χ0) is 20.8. The van der Waals surface area contributed by atoms with E-state index in [-0.39, 0.29) is 0 Å². The molecule has 150 valence electrons. The molecule has 30 heavy (non-hydrogen) atoms. The molecule has 1 aliphatic rings. The highest BCUT2D eigenvalue weighted by atomic mass is 15.2. The number of nitrogens with zero attached hydrogens (tertiary/aromatic N) is 2. The fraction of sp³-hybridized carbons (Fsp3) is 0.250. The molecule has 3 aromatic carbocycles. The van der Waals surface area contributed by atoms with Crippen molar-refractivity contribution in [3.63, 3.8) is 0 Å². The molecule has 0 fully saturated rings.